The fraction of sp³-hybridized carbons (Fsp3) is 0.111. The number of aromatic carboxylic acids is 1. The first-order valence-corrected chi connectivity index (χ1v) is 3.83. The number of imidazole rings is 1. The van der Waals surface area contributed by atoms with Crippen LogP contribution < -0.4 is 0 Å². The summed E-state index contributed by atoms with van der Waals surface area (Å²) in [5.41, 5.74) is 1.93. The van der Waals surface area contributed by atoms with Gasteiger partial charge in [-0.15, -0.1) is 12.4 Å². The summed E-state index contributed by atoms with van der Waals surface area (Å²) in [7, 11) is 1.83. The van der Waals surface area contributed by atoms with Crippen molar-refractivity contribution >= 4 is 29.4 Å². The minimum Gasteiger partial charge on any atom is -0.478 e. The zero-order valence-electron chi connectivity index (χ0n) is 7.47. The van der Waals surface area contributed by atoms with E-state index in [9.17, 15) is 4.79 Å². The summed E-state index contributed by atoms with van der Waals surface area (Å²) >= 11 is 0. The van der Waals surface area contributed by atoms with Crippen LogP contribution in [0.4, 0.5) is 0 Å². The molecule has 0 saturated heterocycles. The number of carboxylic acids is 1. The van der Waals surface area contributed by atoms with Crippen LogP contribution in [-0.2, 0) is 7.05 Å². The number of benzene rings is 1. The Morgan fingerprint density at radius 3 is 2.86 bits per heavy atom. The molecule has 0 fully saturated rings. The number of halogens is 1. The smallest absolute Gasteiger partial charge is 0.335 e. The van der Waals surface area contributed by atoms with Crippen molar-refractivity contribution in [2.75, 3.05) is 0 Å². The Labute approximate surface area is 86.6 Å². The second-order valence-corrected chi connectivity index (χ2v) is 2.86. The summed E-state index contributed by atoms with van der Waals surface area (Å²) in [4.78, 5) is 14.7. The molecule has 2 aromatic rings. The molecule has 0 saturated carbocycles. The van der Waals surface area contributed by atoms with Crippen LogP contribution in [0.1, 0.15) is 10.4 Å². The van der Waals surface area contributed by atoms with Gasteiger partial charge in [-0.3, -0.25) is 0 Å². The zero-order chi connectivity index (χ0) is 9.42. The van der Waals surface area contributed by atoms with Gasteiger partial charge in [0.25, 0.3) is 0 Å². The van der Waals surface area contributed by atoms with Gasteiger partial charge >= 0.3 is 5.97 Å². The van der Waals surface area contributed by atoms with Crippen LogP contribution in [0.2, 0.25) is 0 Å². The molecular weight excluding hydrogens is 204 g/mol. The average Bonchev–Trinajstić information content (AvgIpc) is 2.47. The third-order valence-electron chi connectivity index (χ3n) is 1.97. The van der Waals surface area contributed by atoms with Crippen LogP contribution in [0.3, 0.4) is 0 Å². The molecule has 74 valence electrons. The largest absolute Gasteiger partial charge is 0.478 e. The molecule has 0 amide bonds. The summed E-state index contributed by atoms with van der Waals surface area (Å²) in [5, 5.41) is 8.74. The summed E-state index contributed by atoms with van der Waals surface area (Å²) in [5.74, 6) is -0.914. The number of hydrogen-bond donors (Lipinski definition) is 1. The Hall–Kier alpha value is -1.55. The average molecular weight is 213 g/mol. The molecule has 0 aliphatic carbocycles. The summed E-state index contributed by atoms with van der Waals surface area (Å²) in [6, 6.07) is 4.88. The Balaban J connectivity index is 0.000000980. The number of carboxylic acid groups (broad SMARTS) is 1. The molecule has 0 aliphatic rings. The predicted octanol–water partition coefficient (Wildman–Crippen LogP) is 1.69. The van der Waals surface area contributed by atoms with Gasteiger partial charge in [-0.05, 0) is 18.2 Å². The van der Waals surface area contributed by atoms with Gasteiger partial charge in [-0.25, -0.2) is 9.78 Å². The highest BCUT2D eigenvalue weighted by atomic mass is 35.5. The van der Waals surface area contributed by atoms with E-state index < -0.39 is 5.97 Å². The molecule has 0 unspecified atom stereocenters. The highest BCUT2D eigenvalue weighted by molar-refractivity contribution is 5.92. The van der Waals surface area contributed by atoms with Crippen LogP contribution in [0.5, 0.6) is 0 Å². The molecule has 0 aliphatic heterocycles. The summed E-state index contributed by atoms with van der Waals surface area (Å²) < 4.78 is 1.79. The van der Waals surface area contributed by atoms with Crippen molar-refractivity contribution < 1.29 is 9.90 Å². The van der Waals surface area contributed by atoms with Gasteiger partial charge < -0.3 is 9.67 Å². The van der Waals surface area contributed by atoms with E-state index in [1.54, 1.807) is 29.1 Å². The van der Waals surface area contributed by atoms with Crippen molar-refractivity contribution in [1.29, 1.82) is 0 Å². The summed E-state index contributed by atoms with van der Waals surface area (Å²) in [6.45, 7) is 0. The minimum absolute atomic E-state index is 0. The number of fused-ring (bicyclic) bond motifs is 1. The molecule has 0 spiro atoms. The van der Waals surface area contributed by atoms with Crippen LogP contribution in [-0.4, -0.2) is 20.6 Å². The predicted molar refractivity (Wildman–Crippen MR) is 54.9 cm³/mol. The van der Waals surface area contributed by atoms with E-state index in [4.69, 9.17) is 5.11 Å². The molecule has 1 aromatic heterocycles. The topological polar surface area (TPSA) is 55.1 Å². The third kappa shape index (κ3) is 1.56. The van der Waals surface area contributed by atoms with E-state index in [0.717, 1.165) is 11.0 Å². The van der Waals surface area contributed by atoms with Crippen molar-refractivity contribution in [2.24, 2.45) is 7.05 Å². The van der Waals surface area contributed by atoms with Crippen molar-refractivity contribution in [2.45, 2.75) is 0 Å². The first-order chi connectivity index (χ1) is 6.18. The number of hydrogen-bond acceptors (Lipinski definition) is 2. The molecule has 0 radical (unpaired) electrons. The molecule has 4 nitrogen and oxygen atoms in total. The molecule has 0 atom stereocenters. The molecule has 1 N–H and O–H groups in total. The normalized spacial score (nSPS) is 9.79. The summed E-state index contributed by atoms with van der Waals surface area (Å²) in [6.07, 6.45) is 1.66. The lowest BCUT2D eigenvalue weighted by Crippen LogP contribution is -1.96. The zero-order valence-corrected chi connectivity index (χ0v) is 8.28. The Morgan fingerprint density at radius 2 is 2.21 bits per heavy atom. The maximum atomic E-state index is 10.6. The second-order valence-electron chi connectivity index (χ2n) is 2.86. The second kappa shape index (κ2) is 3.67. The van der Waals surface area contributed by atoms with Crippen LogP contribution in [0.15, 0.2) is 24.5 Å². The molecule has 2 rings (SSSR count). The van der Waals surface area contributed by atoms with Gasteiger partial charge in [0.15, 0.2) is 0 Å². The van der Waals surface area contributed by atoms with Crippen LogP contribution >= 0.6 is 12.4 Å². The van der Waals surface area contributed by atoms with E-state index >= 15 is 0 Å². The van der Waals surface area contributed by atoms with Gasteiger partial charge in [0.05, 0.1) is 22.9 Å². The molecule has 1 aromatic carbocycles. The lowest BCUT2D eigenvalue weighted by atomic mass is 10.2. The molecular formula is C9H9ClN2O2. The van der Waals surface area contributed by atoms with E-state index in [0.29, 0.717) is 0 Å². The van der Waals surface area contributed by atoms with E-state index in [1.807, 2.05) is 7.05 Å². The maximum absolute atomic E-state index is 10.6. The number of carbonyl (C=O) groups is 1. The molecule has 1 heterocycles. The van der Waals surface area contributed by atoms with Gasteiger partial charge in [0, 0.05) is 7.05 Å². The van der Waals surface area contributed by atoms with E-state index in [1.165, 1.54) is 0 Å². The quantitative estimate of drug-likeness (QED) is 0.783. The van der Waals surface area contributed by atoms with Crippen molar-refractivity contribution in [1.82, 2.24) is 9.55 Å². The van der Waals surface area contributed by atoms with E-state index in [-0.39, 0.29) is 18.0 Å². The fourth-order valence-electron chi connectivity index (χ4n) is 1.26. The lowest BCUT2D eigenvalue weighted by Gasteiger charge is -1.96. The molecule has 5 heteroatoms. The SMILES string of the molecule is Cl.Cn1cnc2ccc(C(=O)O)cc21. The van der Waals surface area contributed by atoms with Gasteiger partial charge in [-0.1, -0.05) is 0 Å². The Bertz CT molecular complexity index is 479. The van der Waals surface area contributed by atoms with Gasteiger partial charge in [0.2, 0.25) is 0 Å². The number of aryl methyl sites for hydroxylation is 1. The lowest BCUT2D eigenvalue weighted by molar-refractivity contribution is 0.0697. The highest BCUT2D eigenvalue weighted by Crippen LogP contribution is 2.13. The highest BCUT2D eigenvalue weighted by Gasteiger charge is 2.05. The first-order valence-electron chi connectivity index (χ1n) is 3.83. The van der Waals surface area contributed by atoms with E-state index in [2.05, 4.69) is 4.98 Å². The number of nitrogens with zero attached hydrogens (tertiary/aromatic N) is 2. The van der Waals surface area contributed by atoms with Gasteiger partial charge in [0.1, 0.15) is 0 Å². The molecule has 14 heavy (non-hydrogen) atoms. The molecule has 0 bridgehead atoms. The van der Waals surface area contributed by atoms with Crippen LogP contribution in [0, 0.1) is 0 Å². The first kappa shape index (κ1) is 10.5. The Morgan fingerprint density at radius 1 is 1.50 bits per heavy atom. The van der Waals surface area contributed by atoms with Crippen molar-refractivity contribution in [3.63, 3.8) is 0 Å². The minimum atomic E-state index is -0.914. The third-order valence-corrected chi connectivity index (χ3v) is 1.97. The maximum Gasteiger partial charge on any atom is 0.335 e. The Kier molecular flexibility index (Phi) is 2.76. The number of aromatic nitrogens is 2. The fourth-order valence-corrected chi connectivity index (χ4v) is 1.26. The van der Waals surface area contributed by atoms with Crippen molar-refractivity contribution in [3.8, 4) is 0 Å². The van der Waals surface area contributed by atoms with Crippen molar-refractivity contribution in [3.05, 3.63) is 30.1 Å². The van der Waals surface area contributed by atoms with Gasteiger partial charge in [-0.2, -0.15) is 0 Å². The number of rotatable bonds is 1. The monoisotopic (exact) mass is 212 g/mol. The standard InChI is InChI=1S/C9H8N2O2.ClH/c1-11-5-10-7-3-2-6(9(12)13)4-8(7)11;/h2-5H,1H3,(H,12,13);1H. The van der Waals surface area contributed by atoms with Crippen LogP contribution in [0.25, 0.3) is 11.0 Å².